The largest absolute Gasteiger partial charge is 0.437 e. The molecule has 0 fully saturated rings. The number of nitrogens with zero attached hydrogens (tertiary/aromatic N) is 3. The Hall–Kier alpha value is -3.60. The summed E-state index contributed by atoms with van der Waals surface area (Å²) in [5.41, 5.74) is 9.03. The maximum absolute atomic E-state index is 6.40. The van der Waals surface area contributed by atoms with E-state index in [4.69, 9.17) is 10.5 Å². The van der Waals surface area contributed by atoms with Gasteiger partial charge in [-0.25, -0.2) is 4.98 Å². The second-order valence-corrected chi connectivity index (χ2v) is 6.61. The lowest BCUT2D eigenvalue weighted by Crippen LogP contribution is -2.19. The molecule has 0 aliphatic carbocycles. The van der Waals surface area contributed by atoms with Crippen LogP contribution < -0.4 is 15.4 Å². The van der Waals surface area contributed by atoms with Crippen LogP contribution in [-0.2, 0) is 0 Å². The fourth-order valence-corrected chi connectivity index (χ4v) is 3.26. The van der Waals surface area contributed by atoms with Gasteiger partial charge in [0.2, 0.25) is 5.88 Å². The fourth-order valence-electron chi connectivity index (χ4n) is 3.26. The molecule has 5 heteroatoms. The van der Waals surface area contributed by atoms with E-state index in [2.05, 4.69) is 46.9 Å². The topological polar surface area (TPSA) is 64.3 Å². The molecule has 4 aromatic rings. The van der Waals surface area contributed by atoms with E-state index in [1.54, 1.807) is 0 Å². The van der Waals surface area contributed by atoms with Crippen molar-refractivity contribution in [2.75, 3.05) is 17.2 Å². The summed E-state index contributed by atoms with van der Waals surface area (Å²) in [7, 11) is 0. The molecule has 0 amide bonds. The average Bonchev–Trinajstić information content (AvgIpc) is 2.71. The van der Waals surface area contributed by atoms with Crippen LogP contribution in [0, 0.1) is 6.92 Å². The fraction of sp³-hybridized carbons (Fsp3) is 0.130. The molecule has 0 saturated carbocycles. The highest BCUT2D eigenvalue weighted by molar-refractivity contribution is 5.84. The third-order valence-corrected chi connectivity index (χ3v) is 4.65. The lowest BCUT2D eigenvalue weighted by Gasteiger charge is -2.24. The molecule has 0 bridgehead atoms. The zero-order valence-electron chi connectivity index (χ0n) is 16.0. The highest BCUT2D eigenvalue weighted by Crippen LogP contribution is 2.35. The molecule has 1 heterocycles. The smallest absolute Gasteiger partial charge is 0.248 e. The molecule has 0 unspecified atom stereocenters. The van der Waals surface area contributed by atoms with Gasteiger partial charge in [-0.15, -0.1) is 0 Å². The third-order valence-electron chi connectivity index (χ3n) is 4.65. The molecule has 0 atom stereocenters. The quantitative estimate of drug-likeness (QED) is 0.504. The van der Waals surface area contributed by atoms with Crippen molar-refractivity contribution in [1.82, 2.24) is 9.97 Å². The Labute approximate surface area is 164 Å². The summed E-state index contributed by atoms with van der Waals surface area (Å²) in [5, 5.41) is 2.26. The molecule has 0 spiro atoms. The third kappa shape index (κ3) is 3.47. The van der Waals surface area contributed by atoms with Gasteiger partial charge in [-0.2, -0.15) is 4.98 Å². The molecular formula is C23H22N4O. The Morgan fingerprint density at radius 2 is 1.75 bits per heavy atom. The monoisotopic (exact) mass is 370 g/mol. The molecular weight excluding hydrogens is 348 g/mol. The molecule has 0 radical (unpaired) electrons. The van der Waals surface area contributed by atoms with Gasteiger partial charge < -0.3 is 15.4 Å². The zero-order valence-corrected chi connectivity index (χ0v) is 16.0. The van der Waals surface area contributed by atoms with Crippen molar-refractivity contribution in [3.05, 3.63) is 78.6 Å². The van der Waals surface area contributed by atoms with E-state index in [1.807, 2.05) is 48.5 Å². The minimum Gasteiger partial charge on any atom is -0.437 e. The van der Waals surface area contributed by atoms with E-state index >= 15 is 0 Å². The maximum atomic E-state index is 6.40. The maximum Gasteiger partial charge on any atom is 0.248 e. The highest BCUT2D eigenvalue weighted by Gasteiger charge is 2.17. The lowest BCUT2D eigenvalue weighted by molar-refractivity contribution is 0.465. The summed E-state index contributed by atoms with van der Waals surface area (Å²) in [6, 6.07) is 22.3. The standard InChI is InChI=1S/C23H22N4O/c1-3-27(19-10-6-7-16(2)13-19)22-21(24)23(26-15-25-22)28-20-12-11-17-8-4-5-9-18(17)14-20/h4-15H,3,24H2,1-2H3. The number of nitrogens with two attached hydrogens (primary N) is 1. The zero-order chi connectivity index (χ0) is 19.5. The number of ether oxygens (including phenoxy) is 1. The van der Waals surface area contributed by atoms with E-state index < -0.39 is 0 Å². The Morgan fingerprint density at radius 3 is 2.54 bits per heavy atom. The summed E-state index contributed by atoms with van der Waals surface area (Å²) in [6.45, 7) is 4.85. The number of anilines is 3. The number of rotatable bonds is 5. The van der Waals surface area contributed by atoms with Crippen LogP contribution in [0.2, 0.25) is 0 Å². The van der Waals surface area contributed by atoms with E-state index in [9.17, 15) is 0 Å². The number of hydrogen-bond donors (Lipinski definition) is 1. The first-order valence-electron chi connectivity index (χ1n) is 9.27. The summed E-state index contributed by atoms with van der Waals surface area (Å²) < 4.78 is 6.01. The van der Waals surface area contributed by atoms with Crippen LogP contribution in [0.3, 0.4) is 0 Å². The normalized spacial score (nSPS) is 10.8. The van der Waals surface area contributed by atoms with Gasteiger partial charge in [-0.05, 0) is 54.4 Å². The minimum atomic E-state index is 0.353. The first-order valence-corrected chi connectivity index (χ1v) is 9.27. The molecule has 0 aliphatic rings. The van der Waals surface area contributed by atoms with Gasteiger partial charge in [0.1, 0.15) is 17.8 Å². The highest BCUT2D eigenvalue weighted by atomic mass is 16.5. The van der Waals surface area contributed by atoms with Crippen LogP contribution in [0.4, 0.5) is 17.2 Å². The minimum absolute atomic E-state index is 0.353. The van der Waals surface area contributed by atoms with Crippen molar-refractivity contribution in [3.63, 3.8) is 0 Å². The van der Waals surface area contributed by atoms with E-state index in [0.717, 1.165) is 23.0 Å². The predicted octanol–water partition coefficient (Wildman–Crippen LogP) is 5.47. The molecule has 5 nitrogen and oxygen atoms in total. The number of hydrogen-bond acceptors (Lipinski definition) is 5. The summed E-state index contributed by atoms with van der Waals surface area (Å²) in [4.78, 5) is 10.7. The van der Waals surface area contributed by atoms with E-state index in [1.165, 1.54) is 11.9 Å². The number of fused-ring (bicyclic) bond motifs is 1. The van der Waals surface area contributed by atoms with Crippen molar-refractivity contribution >= 4 is 28.0 Å². The molecule has 1 aromatic heterocycles. The molecule has 0 aliphatic heterocycles. The first kappa shape index (κ1) is 17.8. The Balaban J connectivity index is 1.69. The predicted molar refractivity (Wildman–Crippen MR) is 114 cm³/mol. The second-order valence-electron chi connectivity index (χ2n) is 6.61. The molecule has 3 aromatic carbocycles. The number of aryl methyl sites for hydroxylation is 1. The van der Waals surface area contributed by atoms with Gasteiger partial charge >= 0.3 is 0 Å². The van der Waals surface area contributed by atoms with Gasteiger partial charge in [0.25, 0.3) is 0 Å². The number of nitrogen functional groups attached to an aromatic ring is 1. The van der Waals surface area contributed by atoms with Gasteiger partial charge in [-0.3, -0.25) is 0 Å². The van der Waals surface area contributed by atoms with Crippen molar-refractivity contribution in [1.29, 1.82) is 0 Å². The molecule has 4 rings (SSSR count). The van der Waals surface area contributed by atoms with Crippen LogP contribution >= 0.6 is 0 Å². The van der Waals surface area contributed by atoms with Crippen molar-refractivity contribution in [2.24, 2.45) is 0 Å². The van der Waals surface area contributed by atoms with Crippen LogP contribution in [0.25, 0.3) is 10.8 Å². The van der Waals surface area contributed by atoms with Crippen molar-refractivity contribution < 1.29 is 4.74 Å². The Bertz CT molecular complexity index is 1130. The molecule has 2 N–H and O–H groups in total. The molecule has 28 heavy (non-hydrogen) atoms. The van der Waals surface area contributed by atoms with Crippen molar-refractivity contribution in [3.8, 4) is 11.6 Å². The summed E-state index contributed by atoms with van der Waals surface area (Å²) >= 11 is 0. The van der Waals surface area contributed by atoms with Gasteiger partial charge in [0.05, 0.1) is 0 Å². The second kappa shape index (κ2) is 7.56. The van der Waals surface area contributed by atoms with Crippen LogP contribution in [0.5, 0.6) is 11.6 Å². The number of aromatic nitrogens is 2. The van der Waals surface area contributed by atoms with Crippen LogP contribution in [0.15, 0.2) is 73.1 Å². The Morgan fingerprint density at radius 1 is 0.929 bits per heavy atom. The van der Waals surface area contributed by atoms with Gasteiger partial charge in [-0.1, -0.05) is 42.5 Å². The summed E-state index contributed by atoms with van der Waals surface area (Å²) in [5.74, 6) is 1.68. The van der Waals surface area contributed by atoms with Crippen molar-refractivity contribution in [2.45, 2.75) is 13.8 Å². The molecule has 140 valence electrons. The van der Waals surface area contributed by atoms with E-state index in [0.29, 0.717) is 23.1 Å². The van der Waals surface area contributed by atoms with Gasteiger partial charge in [0, 0.05) is 12.2 Å². The Kier molecular flexibility index (Phi) is 4.81. The SMILES string of the molecule is CCN(c1cccc(C)c1)c1ncnc(Oc2ccc3ccccc3c2)c1N. The average molecular weight is 370 g/mol. The summed E-state index contributed by atoms with van der Waals surface area (Å²) in [6.07, 6.45) is 1.49. The first-order chi connectivity index (χ1) is 13.7. The number of benzene rings is 3. The van der Waals surface area contributed by atoms with Gasteiger partial charge in [0.15, 0.2) is 5.82 Å². The molecule has 0 saturated heterocycles. The van der Waals surface area contributed by atoms with Crippen LogP contribution in [0.1, 0.15) is 12.5 Å². The lowest BCUT2D eigenvalue weighted by atomic mass is 10.1. The van der Waals surface area contributed by atoms with Crippen LogP contribution in [-0.4, -0.2) is 16.5 Å². The van der Waals surface area contributed by atoms with E-state index in [-0.39, 0.29) is 0 Å².